The van der Waals surface area contributed by atoms with Crippen molar-refractivity contribution in [2.45, 2.75) is 64.3 Å². The zero-order valence-electron chi connectivity index (χ0n) is 25.3. The van der Waals surface area contributed by atoms with Crippen LogP contribution in [0.15, 0.2) is 41.3 Å². The Hall–Kier alpha value is -3.45. The minimum absolute atomic E-state index is 0.0476. The number of rotatable bonds is 11. The quantitative estimate of drug-likeness (QED) is 0.193. The summed E-state index contributed by atoms with van der Waals surface area (Å²) in [6, 6.07) is 8.81. The van der Waals surface area contributed by atoms with Gasteiger partial charge >= 0.3 is 13.1 Å². The summed E-state index contributed by atoms with van der Waals surface area (Å²) in [6.45, 7) is 6.94. The van der Waals surface area contributed by atoms with Gasteiger partial charge in [-0.05, 0) is 49.4 Å². The Bertz CT molecular complexity index is 1590. The van der Waals surface area contributed by atoms with Crippen LogP contribution >= 0.6 is 0 Å². The third-order valence-electron chi connectivity index (χ3n) is 8.87. The molecule has 3 N–H and O–H groups in total. The van der Waals surface area contributed by atoms with Crippen LogP contribution in [0.25, 0.3) is 10.9 Å². The number of anilines is 1. The van der Waals surface area contributed by atoms with Crippen LogP contribution < -0.4 is 26.3 Å². The van der Waals surface area contributed by atoms with Gasteiger partial charge in [-0.25, -0.2) is 9.18 Å². The molecule has 0 bridgehead atoms. The van der Waals surface area contributed by atoms with Gasteiger partial charge in [-0.2, -0.15) is 0 Å². The third kappa shape index (κ3) is 5.83. The average Bonchev–Trinajstić information content (AvgIpc) is 3.82. The molecule has 2 fully saturated rings. The molecule has 0 amide bonds. The van der Waals surface area contributed by atoms with Crippen molar-refractivity contribution in [2.75, 3.05) is 44.2 Å². The van der Waals surface area contributed by atoms with Crippen molar-refractivity contribution >= 4 is 35.1 Å². The predicted octanol–water partition coefficient (Wildman–Crippen LogP) is 3.09. The van der Waals surface area contributed by atoms with Crippen LogP contribution in [0.1, 0.15) is 74.0 Å². The molecule has 3 aromatic rings. The molecule has 10 nitrogen and oxygen atoms in total. The molecule has 1 saturated carbocycles. The van der Waals surface area contributed by atoms with E-state index in [2.05, 4.69) is 4.90 Å². The summed E-state index contributed by atoms with van der Waals surface area (Å²) < 4.78 is 35.0. The van der Waals surface area contributed by atoms with Crippen molar-refractivity contribution in [1.29, 1.82) is 0 Å². The summed E-state index contributed by atoms with van der Waals surface area (Å²) in [5.41, 5.74) is 7.81. The van der Waals surface area contributed by atoms with Gasteiger partial charge in [-0.1, -0.05) is 32.4 Å². The molecular weight excluding hydrogens is 566 g/mol. The smallest absolute Gasteiger partial charge is 0.475 e. The van der Waals surface area contributed by atoms with Gasteiger partial charge in [0.25, 0.3) is 0 Å². The lowest BCUT2D eigenvalue weighted by Gasteiger charge is -2.40. The zero-order valence-corrected chi connectivity index (χ0v) is 25.3. The van der Waals surface area contributed by atoms with E-state index < -0.39 is 24.3 Å². The summed E-state index contributed by atoms with van der Waals surface area (Å²) in [5, 5.41) is 10.7. The van der Waals surface area contributed by atoms with E-state index in [9.17, 15) is 14.6 Å². The lowest BCUT2D eigenvalue weighted by molar-refractivity contribution is 0.0191. The van der Waals surface area contributed by atoms with Gasteiger partial charge in [-0.15, -0.1) is 0 Å². The summed E-state index contributed by atoms with van der Waals surface area (Å²) in [5.74, 6) is -0.573. The SMILES string of the molecule is CCCCOC(=O)c1cn(C2CC2)c2cc(N3CCN(C(CC)Oc4cccc5c4B(O)OC5CN)CC3)c(F)cc2c1=O. The minimum Gasteiger partial charge on any atom is -0.475 e. The standard InChI is InChI=1S/C32H40BFN4O6/c1-3-5-15-42-32(40)23-19-38(20-9-10-20)25-17-26(24(34)16-22(25)31(23)39)36-11-13-37(14-12-36)29(4-2)43-27-8-6-7-21-28(18-35)44-33(41)30(21)27/h6-8,16-17,19-20,28-29,41H,3-5,9-15,18,35H2,1-2H3. The number of esters is 1. The first-order chi connectivity index (χ1) is 21.3. The van der Waals surface area contributed by atoms with Crippen molar-refractivity contribution in [3.63, 3.8) is 0 Å². The number of aromatic nitrogens is 1. The number of piperazine rings is 1. The average molecular weight is 607 g/mol. The normalized spacial score (nSPS) is 19.3. The maximum absolute atomic E-state index is 15.7. The monoisotopic (exact) mass is 606 g/mol. The van der Waals surface area contributed by atoms with Gasteiger partial charge in [0.1, 0.15) is 17.1 Å². The molecule has 2 aromatic carbocycles. The maximum Gasteiger partial charge on any atom is 0.495 e. The number of ether oxygens (including phenoxy) is 2. The molecule has 6 rings (SSSR count). The predicted molar refractivity (Wildman–Crippen MR) is 167 cm³/mol. The van der Waals surface area contributed by atoms with Crippen molar-refractivity contribution in [3.8, 4) is 5.75 Å². The molecule has 2 unspecified atom stereocenters. The van der Waals surface area contributed by atoms with Crippen LogP contribution in [-0.4, -0.2) is 73.1 Å². The van der Waals surface area contributed by atoms with Crippen molar-refractivity contribution in [3.05, 3.63) is 63.7 Å². The highest BCUT2D eigenvalue weighted by Gasteiger charge is 2.38. The Morgan fingerprint density at radius 3 is 2.66 bits per heavy atom. The van der Waals surface area contributed by atoms with Gasteiger partial charge in [0.15, 0.2) is 6.23 Å². The Balaban J connectivity index is 1.20. The first kappa shape index (κ1) is 30.6. The topological polar surface area (TPSA) is 119 Å². The van der Waals surface area contributed by atoms with E-state index in [4.69, 9.17) is 19.9 Å². The highest BCUT2D eigenvalue weighted by atomic mass is 19.1. The molecule has 2 atom stereocenters. The maximum atomic E-state index is 15.7. The van der Waals surface area contributed by atoms with Crippen LogP contribution in [0.4, 0.5) is 10.1 Å². The Morgan fingerprint density at radius 1 is 1.20 bits per heavy atom. The van der Waals surface area contributed by atoms with Crippen molar-refractivity contribution in [2.24, 2.45) is 5.73 Å². The van der Waals surface area contributed by atoms with E-state index >= 15 is 4.39 Å². The number of unbranched alkanes of at least 4 members (excludes halogenated alkanes) is 1. The number of nitrogens with zero attached hydrogens (tertiary/aromatic N) is 3. The highest BCUT2D eigenvalue weighted by molar-refractivity contribution is 6.62. The third-order valence-corrected chi connectivity index (χ3v) is 8.87. The Kier molecular flexibility index (Phi) is 8.95. The van der Waals surface area contributed by atoms with Crippen LogP contribution in [0, 0.1) is 5.82 Å². The first-order valence-corrected chi connectivity index (χ1v) is 15.7. The molecule has 44 heavy (non-hydrogen) atoms. The van der Waals surface area contributed by atoms with Gasteiger partial charge in [0.05, 0.1) is 23.9 Å². The van der Waals surface area contributed by atoms with E-state index in [0.717, 1.165) is 24.8 Å². The van der Waals surface area contributed by atoms with Gasteiger partial charge in [-0.3, -0.25) is 9.69 Å². The van der Waals surface area contributed by atoms with Gasteiger partial charge in [0.2, 0.25) is 5.43 Å². The molecule has 1 aromatic heterocycles. The number of carbonyl (C=O) groups is 1. The molecule has 3 heterocycles. The van der Waals surface area contributed by atoms with Gasteiger partial charge < -0.3 is 34.4 Å². The summed E-state index contributed by atoms with van der Waals surface area (Å²) in [4.78, 5) is 30.3. The molecule has 234 valence electrons. The molecule has 1 aliphatic carbocycles. The number of benzene rings is 2. The fourth-order valence-electron chi connectivity index (χ4n) is 6.29. The fourth-order valence-corrected chi connectivity index (χ4v) is 6.29. The van der Waals surface area contributed by atoms with Crippen molar-refractivity contribution < 1.29 is 28.3 Å². The van der Waals surface area contributed by atoms with E-state index in [1.54, 1.807) is 12.3 Å². The summed E-state index contributed by atoms with van der Waals surface area (Å²) in [7, 11) is -1.09. The van der Waals surface area contributed by atoms with E-state index in [1.807, 2.05) is 41.5 Å². The molecule has 0 spiro atoms. The largest absolute Gasteiger partial charge is 0.495 e. The number of hydrogen-bond donors (Lipinski definition) is 2. The van der Waals surface area contributed by atoms with Crippen LogP contribution in [-0.2, 0) is 9.39 Å². The van der Waals surface area contributed by atoms with Crippen LogP contribution in [0.5, 0.6) is 5.75 Å². The van der Waals surface area contributed by atoms with Crippen molar-refractivity contribution in [1.82, 2.24) is 9.47 Å². The number of hydrogen-bond acceptors (Lipinski definition) is 9. The molecule has 12 heteroatoms. The lowest BCUT2D eigenvalue weighted by Crippen LogP contribution is -2.52. The lowest BCUT2D eigenvalue weighted by atomic mass is 9.78. The Labute approximate surface area is 256 Å². The van der Waals surface area contributed by atoms with E-state index in [0.29, 0.717) is 61.4 Å². The molecule has 2 aliphatic heterocycles. The second-order valence-electron chi connectivity index (χ2n) is 11.8. The zero-order chi connectivity index (χ0) is 31.0. The number of nitrogens with two attached hydrogens (primary N) is 1. The Morgan fingerprint density at radius 2 is 1.98 bits per heavy atom. The van der Waals surface area contributed by atoms with E-state index in [1.165, 1.54) is 6.07 Å². The summed E-state index contributed by atoms with van der Waals surface area (Å²) >= 11 is 0. The molecular formula is C32H40BFN4O6. The number of halogens is 1. The molecule has 1 saturated heterocycles. The number of pyridine rings is 1. The van der Waals surface area contributed by atoms with Crippen LogP contribution in [0.2, 0.25) is 0 Å². The second kappa shape index (κ2) is 12.9. The number of fused-ring (bicyclic) bond motifs is 2. The summed E-state index contributed by atoms with van der Waals surface area (Å²) in [6.07, 6.45) is 5.15. The van der Waals surface area contributed by atoms with Gasteiger partial charge in [0, 0.05) is 55.8 Å². The highest BCUT2D eigenvalue weighted by Crippen LogP contribution is 2.38. The van der Waals surface area contributed by atoms with Crippen LogP contribution in [0.3, 0.4) is 0 Å². The second-order valence-corrected chi connectivity index (χ2v) is 11.8. The fraction of sp³-hybridized carbons (Fsp3) is 0.500. The number of carbonyl (C=O) groups excluding carboxylic acids is 1. The minimum atomic E-state index is -1.09. The molecule has 0 radical (unpaired) electrons. The van der Waals surface area contributed by atoms with E-state index in [-0.39, 0.29) is 42.5 Å². The first-order valence-electron chi connectivity index (χ1n) is 15.7. The molecule has 3 aliphatic rings.